The fourth-order valence-corrected chi connectivity index (χ4v) is 1.83. The van der Waals surface area contributed by atoms with Gasteiger partial charge >= 0.3 is 11.9 Å². The van der Waals surface area contributed by atoms with Crippen LogP contribution < -0.4 is 10.1 Å². The summed E-state index contributed by atoms with van der Waals surface area (Å²) in [5.41, 5.74) is 0.522. The number of benzene rings is 1. The molecule has 0 unspecified atom stereocenters. The van der Waals surface area contributed by atoms with Gasteiger partial charge in [-0.05, 0) is 18.2 Å². The van der Waals surface area contributed by atoms with Gasteiger partial charge in [0.1, 0.15) is 5.75 Å². The molecule has 1 aromatic rings. The molecule has 1 N–H and O–H groups in total. The molecule has 1 aliphatic heterocycles. The van der Waals surface area contributed by atoms with Crippen LogP contribution in [0, 0.1) is 5.92 Å². The quantitative estimate of drug-likeness (QED) is 0.825. The molecule has 0 radical (unpaired) electrons. The highest BCUT2D eigenvalue weighted by Crippen LogP contribution is 2.20. The lowest BCUT2D eigenvalue weighted by Crippen LogP contribution is -2.45. The second-order valence-corrected chi connectivity index (χ2v) is 4.56. The Kier molecular flexibility index (Phi) is 6.45. The summed E-state index contributed by atoms with van der Waals surface area (Å²) in [5.74, 6) is -0.129. The Labute approximate surface area is 129 Å². The zero-order valence-electron chi connectivity index (χ0n) is 11.9. The van der Waals surface area contributed by atoms with Crippen molar-refractivity contribution in [2.24, 2.45) is 5.92 Å². The Balaban J connectivity index is 0.00000220. The molecule has 21 heavy (non-hydrogen) atoms. The van der Waals surface area contributed by atoms with Gasteiger partial charge in [0.15, 0.2) is 0 Å². The maximum Gasteiger partial charge on any atom is 0.338 e. The van der Waals surface area contributed by atoms with Gasteiger partial charge in [0.2, 0.25) is 0 Å². The number of carbonyl (C=O) groups is 2. The third kappa shape index (κ3) is 4.34. The van der Waals surface area contributed by atoms with Crippen molar-refractivity contribution in [3.05, 3.63) is 29.3 Å². The van der Waals surface area contributed by atoms with E-state index in [0.717, 1.165) is 13.1 Å². The zero-order chi connectivity index (χ0) is 14.5. The van der Waals surface area contributed by atoms with Crippen LogP contribution in [0.5, 0.6) is 5.75 Å². The minimum Gasteiger partial charge on any atom is -0.493 e. The fourth-order valence-electron chi connectivity index (χ4n) is 1.83. The van der Waals surface area contributed by atoms with E-state index in [1.165, 1.54) is 20.3 Å². The van der Waals surface area contributed by atoms with Gasteiger partial charge in [-0.15, -0.1) is 12.4 Å². The number of esters is 2. The van der Waals surface area contributed by atoms with E-state index in [-0.39, 0.29) is 23.5 Å². The summed E-state index contributed by atoms with van der Waals surface area (Å²) in [5, 5.41) is 3.15. The van der Waals surface area contributed by atoms with Crippen LogP contribution >= 0.6 is 12.4 Å². The van der Waals surface area contributed by atoms with Crippen LogP contribution in [-0.2, 0) is 9.47 Å². The molecular formula is C14H18ClNO5. The number of methoxy groups -OCH3 is 2. The van der Waals surface area contributed by atoms with Gasteiger partial charge in [0, 0.05) is 19.0 Å². The van der Waals surface area contributed by atoms with Crippen molar-refractivity contribution in [1.29, 1.82) is 0 Å². The number of hydrogen-bond acceptors (Lipinski definition) is 6. The summed E-state index contributed by atoms with van der Waals surface area (Å²) >= 11 is 0. The molecule has 0 spiro atoms. The molecule has 1 aromatic carbocycles. The predicted molar refractivity (Wildman–Crippen MR) is 78.2 cm³/mol. The van der Waals surface area contributed by atoms with Crippen molar-refractivity contribution in [2.75, 3.05) is 33.9 Å². The van der Waals surface area contributed by atoms with Crippen LogP contribution in [0.4, 0.5) is 0 Å². The van der Waals surface area contributed by atoms with Gasteiger partial charge in [0.05, 0.1) is 32.0 Å². The maximum absolute atomic E-state index is 11.6. The highest BCUT2D eigenvalue weighted by atomic mass is 35.5. The zero-order valence-corrected chi connectivity index (χ0v) is 12.7. The van der Waals surface area contributed by atoms with Gasteiger partial charge < -0.3 is 19.5 Å². The monoisotopic (exact) mass is 315 g/mol. The first-order valence-electron chi connectivity index (χ1n) is 6.29. The van der Waals surface area contributed by atoms with E-state index in [1.54, 1.807) is 12.1 Å². The average Bonchev–Trinajstić information content (AvgIpc) is 2.43. The lowest BCUT2D eigenvalue weighted by atomic mass is 10.1. The summed E-state index contributed by atoms with van der Waals surface area (Å²) in [4.78, 5) is 23.2. The molecule has 0 saturated carbocycles. The standard InChI is InChI=1S/C14H17NO5.ClH/c1-18-13(16)10-3-11(14(17)19-2)5-12(4-10)20-8-9-6-15-7-9;/h3-5,9,15H,6-8H2,1-2H3;1H. The fraction of sp³-hybridized carbons (Fsp3) is 0.429. The van der Waals surface area contributed by atoms with E-state index in [9.17, 15) is 9.59 Å². The van der Waals surface area contributed by atoms with E-state index >= 15 is 0 Å². The molecule has 0 bridgehead atoms. The number of halogens is 1. The predicted octanol–water partition coefficient (Wildman–Crippen LogP) is 1.28. The number of hydrogen-bond donors (Lipinski definition) is 1. The number of carbonyl (C=O) groups excluding carboxylic acids is 2. The van der Waals surface area contributed by atoms with E-state index < -0.39 is 11.9 Å². The maximum atomic E-state index is 11.6. The molecule has 116 valence electrons. The summed E-state index contributed by atoms with van der Waals surface area (Å²) in [7, 11) is 2.57. The molecule has 2 rings (SSSR count). The van der Waals surface area contributed by atoms with E-state index in [4.69, 9.17) is 4.74 Å². The minimum absolute atomic E-state index is 0. The lowest BCUT2D eigenvalue weighted by molar-refractivity contribution is 0.0598. The van der Waals surface area contributed by atoms with Crippen LogP contribution in [0.1, 0.15) is 20.7 Å². The molecule has 1 saturated heterocycles. The first kappa shape index (κ1) is 17.3. The topological polar surface area (TPSA) is 73.9 Å². The third-order valence-electron chi connectivity index (χ3n) is 3.10. The molecule has 0 aromatic heterocycles. The minimum atomic E-state index is -0.522. The molecule has 7 heteroatoms. The van der Waals surface area contributed by atoms with Crippen molar-refractivity contribution in [2.45, 2.75) is 0 Å². The molecule has 6 nitrogen and oxygen atoms in total. The first-order chi connectivity index (χ1) is 9.63. The smallest absolute Gasteiger partial charge is 0.338 e. The van der Waals surface area contributed by atoms with Crippen LogP contribution in [-0.4, -0.2) is 45.9 Å². The van der Waals surface area contributed by atoms with Crippen molar-refractivity contribution in [3.63, 3.8) is 0 Å². The molecule has 0 aliphatic carbocycles. The Hall–Kier alpha value is -1.79. The Bertz CT molecular complexity index is 482. The summed E-state index contributed by atoms with van der Waals surface area (Å²) in [6, 6.07) is 4.55. The Morgan fingerprint density at radius 1 is 1.10 bits per heavy atom. The van der Waals surface area contributed by atoms with Crippen molar-refractivity contribution < 1.29 is 23.8 Å². The molecule has 1 fully saturated rings. The summed E-state index contributed by atoms with van der Waals surface area (Å²) < 4.78 is 14.9. The van der Waals surface area contributed by atoms with Gasteiger partial charge in [-0.3, -0.25) is 0 Å². The molecule has 0 atom stereocenters. The number of nitrogens with one attached hydrogen (secondary N) is 1. The van der Waals surface area contributed by atoms with Crippen LogP contribution in [0.25, 0.3) is 0 Å². The van der Waals surface area contributed by atoms with Gasteiger partial charge in [-0.25, -0.2) is 9.59 Å². The number of ether oxygens (including phenoxy) is 3. The van der Waals surface area contributed by atoms with Crippen molar-refractivity contribution >= 4 is 24.3 Å². The summed E-state index contributed by atoms with van der Waals surface area (Å²) in [6.45, 7) is 2.37. The van der Waals surface area contributed by atoms with Crippen molar-refractivity contribution in [1.82, 2.24) is 5.32 Å². The van der Waals surface area contributed by atoms with Crippen molar-refractivity contribution in [3.8, 4) is 5.75 Å². The molecular weight excluding hydrogens is 298 g/mol. The van der Waals surface area contributed by atoms with Crippen LogP contribution in [0.3, 0.4) is 0 Å². The SMILES string of the molecule is COC(=O)c1cc(OCC2CNC2)cc(C(=O)OC)c1.Cl. The highest BCUT2D eigenvalue weighted by Gasteiger charge is 2.19. The molecule has 0 amide bonds. The van der Waals surface area contributed by atoms with Crippen LogP contribution in [0.2, 0.25) is 0 Å². The normalized spacial score (nSPS) is 13.6. The van der Waals surface area contributed by atoms with Crippen LogP contribution in [0.15, 0.2) is 18.2 Å². The number of rotatable bonds is 5. The largest absolute Gasteiger partial charge is 0.493 e. The Morgan fingerprint density at radius 2 is 1.62 bits per heavy atom. The average molecular weight is 316 g/mol. The second-order valence-electron chi connectivity index (χ2n) is 4.56. The van der Waals surface area contributed by atoms with E-state index in [0.29, 0.717) is 18.3 Å². The summed E-state index contributed by atoms with van der Waals surface area (Å²) in [6.07, 6.45) is 0. The highest BCUT2D eigenvalue weighted by molar-refractivity contribution is 5.96. The van der Waals surface area contributed by atoms with Gasteiger partial charge in [0.25, 0.3) is 0 Å². The lowest BCUT2D eigenvalue weighted by Gasteiger charge is -2.26. The molecule has 1 heterocycles. The Morgan fingerprint density at radius 3 is 2.00 bits per heavy atom. The third-order valence-corrected chi connectivity index (χ3v) is 3.10. The first-order valence-corrected chi connectivity index (χ1v) is 6.29. The van der Waals surface area contributed by atoms with E-state index in [2.05, 4.69) is 14.8 Å². The van der Waals surface area contributed by atoms with Gasteiger partial charge in [-0.1, -0.05) is 0 Å². The van der Waals surface area contributed by atoms with E-state index in [1.807, 2.05) is 0 Å². The molecule has 1 aliphatic rings. The second kappa shape index (κ2) is 7.85. The van der Waals surface area contributed by atoms with Gasteiger partial charge in [-0.2, -0.15) is 0 Å².